The lowest BCUT2D eigenvalue weighted by molar-refractivity contribution is 0.0985. The number of amides is 1. The molecule has 17 heavy (non-hydrogen) atoms. The predicted molar refractivity (Wildman–Crippen MR) is 70.8 cm³/mol. The monoisotopic (exact) mass is 337 g/mol. The molecule has 2 rings (SSSR count). The zero-order valence-corrected chi connectivity index (χ0v) is 12.6. The number of hydrogen-bond donors (Lipinski definition) is 1. The van der Waals surface area contributed by atoms with E-state index in [9.17, 15) is 13.2 Å². The summed E-state index contributed by atoms with van der Waals surface area (Å²) < 4.78 is 25.9. The quantitative estimate of drug-likeness (QED) is 0.921. The van der Waals surface area contributed by atoms with Gasteiger partial charge >= 0.3 is 0 Å². The van der Waals surface area contributed by atoms with Gasteiger partial charge in [0, 0.05) is 9.35 Å². The maximum atomic E-state index is 11.9. The lowest BCUT2D eigenvalue weighted by atomic mass is 10.4. The van der Waals surface area contributed by atoms with Gasteiger partial charge in [-0.3, -0.25) is 4.79 Å². The zero-order chi connectivity index (χ0) is 12.8. The van der Waals surface area contributed by atoms with E-state index in [1.165, 1.54) is 11.3 Å². The molecule has 1 aromatic heterocycles. The highest BCUT2D eigenvalue weighted by atomic mass is 79.9. The third kappa shape index (κ3) is 2.41. The van der Waals surface area contributed by atoms with Crippen LogP contribution in [0, 0.1) is 6.92 Å². The van der Waals surface area contributed by atoms with Crippen LogP contribution in [0.4, 0.5) is 0 Å². The van der Waals surface area contributed by atoms with Crippen molar-refractivity contribution < 1.29 is 13.2 Å². The highest BCUT2D eigenvalue weighted by Gasteiger charge is 2.50. The molecule has 1 amide bonds. The lowest BCUT2D eigenvalue weighted by Crippen LogP contribution is -2.37. The molecule has 4 nitrogen and oxygen atoms in total. The summed E-state index contributed by atoms with van der Waals surface area (Å²) in [4.78, 5) is 13.2. The molecule has 0 saturated heterocycles. The molecule has 0 spiro atoms. The summed E-state index contributed by atoms with van der Waals surface area (Å²) in [6, 6.07) is 1.64. The zero-order valence-electron chi connectivity index (χ0n) is 9.41. The molecule has 1 heterocycles. The van der Waals surface area contributed by atoms with E-state index in [4.69, 9.17) is 0 Å². The summed E-state index contributed by atoms with van der Waals surface area (Å²) >= 11 is 4.57. The molecule has 0 atom stereocenters. The number of hydrogen-bond acceptors (Lipinski definition) is 4. The first-order valence-corrected chi connectivity index (χ1v) is 8.17. The average Bonchev–Trinajstić information content (AvgIpc) is 2.87. The fourth-order valence-electron chi connectivity index (χ4n) is 1.31. The van der Waals surface area contributed by atoms with Gasteiger partial charge in [-0.15, -0.1) is 11.3 Å². The van der Waals surface area contributed by atoms with E-state index in [1.807, 2.05) is 6.92 Å². The van der Waals surface area contributed by atoms with Crippen LogP contribution in [0.2, 0.25) is 0 Å². The third-order valence-electron chi connectivity index (χ3n) is 2.91. The number of carbonyl (C=O) groups excluding carboxylic acids is 1. The SMILES string of the molecule is Cc1sc(C(=O)NS(=O)(=O)C2(C)CC2)cc1Br. The molecule has 1 fully saturated rings. The van der Waals surface area contributed by atoms with E-state index in [0.29, 0.717) is 17.7 Å². The summed E-state index contributed by atoms with van der Waals surface area (Å²) in [6.45, 7) is 3.51. The molecule has 0 unspecified atom stereocenters. The van der Waals surface area contributed by atoms with E-state index in [1.54, 1.807) is 13.0 Å². The first-order chi connectivity index (χ1) is 7.75. The van der Waals surface area contributed by atoms with Crippen LogP contribution in [0.3, 0.4) is 0 Å². The Morgan fingerprint density at radius 1 is 1.53 bits per heavy atom. The van der Waals surface area contributed by atoms with Gasteiger partial charge < -0.3 is 0 Å². The van der Waals surface area contributed by atoms with Crippen molar-refractivity contribution in [3.8, 4) is 0 Å². The Balaban J connectivity index is 2.18. The number of nitrogens with one attached hydrogen (secondary N) is 1. The van der Waals surface area contributed by atoms with E-state index in [-0.39, 0.29) is 0 Å². The largest absolute Gasteiger partial charge is 0.274 e. The van der Waals surface area contributed by atoms with Crippen LogP contribution < -0.4 is 4.72 Å². The highest BCUT2D eigenvalue weighted by Crippen LogP contribution is 2.42. The van der Waals surface area contributed by atoms with Crippen LogP contribution in [0.5, 0.6) is 0 Å². The fraction of sp³-hybridized carbons (Fsp3) is 0.500. The maximum Gasteiger partial charge on any atom is 0.274 e. The lowest BCUT2D eigenvalue weighted by Gasteiger charge is -2.10. The molecule has 1 aliphatic carbocycles. The smallest absolute Gasteiger partial charge is 0.267 e. The van der Waals surface area contributed by atoms with Crippen molar-refractivity contribution in [2.75, 3.05) is 0 Å². The van der Waals surface area contributed by atoms with Gasteiger partial charge in [0.15, 0.2) is 0 Å². The summed E-state index contributed by atoms with van der Waals surface area (Å²) in [5.41, 5.74) is 0. The van der Waals surface area contributed by atoms with Gasteiger partial charge in [-0.05, 0) is 48.7 Å². The molecule has 7 heteroatoms. The van der Waals surface area contributed by atoms with Gasteiger partial charge in [-0.1, -0.05) is 0 Å². The Morgan fingerprint density at radius 3 is 2.53 bits per heavy atom. The second kappa shape index (κ2) is 4.07. The van der Waals surface area contributed by atoms with Crippen molar-refractivity contribution >= 4 is 43.2 Å². The number of sulfonamides is 1. The van der Waals surface area contributed by atoms with Crippen molar-refractivity contribution in [2.45, 2.75) is 31.4 Å². The van der Waals surface area contributed by atoms with Crippen LogP contribution in [0.25, 0.3) is 0 Å². The first kappa shape index (κ1) is 13.0. The van der Waals surface area contributed by atoms with Gasteiger partial charge in [0.2, 0.25) is 10.0 Å². The van der Waals surface area contributed by atoms with Gasteiger partial charge in [0.1, 0.15) is 0 Å². The van der Waals surface area contributed by atoms with Crippen molar-refractivity contribution in [1.82, 2.24) is 4.72 Å². The van der Waals surface area contributed by atoms with E-state index >= 15 is 0 Å². The minimum Gasteiger partial charge on any atom is -0.267 e. The molecule has 0 aliphatic heterocycles. The number of rotatable bonds is 3. The normalized spacial score (nSPS) is 17.8. The minimum atomic E-state index is -3.55. The molecule has 1 saturated carbocycles. The number of halogens is 1. The Kier molecular flexibility index (Phi) is 3.12. The van der Waals surface area contributed by atoms with Crippen LogP contribution in [-0.4, -0.2) is 19.1 Å². The standard InChI is InChI=1S/C10H12BrNO3S2/c1-6-7(11)5-8(16-6)9(13)12-17(14,15)10(2)3-4-10/h5H,3-4H2,1-2H3,(H,12,13). The van der Waals surface area contributed by atoms with Crippen LogP contribution >= 0.6 is 27.3 Å². The Morgan fingerprint density at radius 2 is 2.12 bits per heavy atom. The Hall–Kier alpha value is -0.400. The van der Waals surface area contributed by atoms with Crippen molar-refractivity contribution in [2.24, 2.45) is 0 Å². The molecule has 1 aromatic rings. The second-order valence-electron chi connectivity index (χ2n) is 4.40. The number of thiophene rings is 1. The van der Waals surface area contributed by atoms with E-state index < -0.39 is 20.7 Å². The minimum absolute atomic E-state index is 0.405. The van der Waals surface area contributed by atoms with E-state index in [0.717, 1.165) is 9.35 Å². The van der Waals surface area contributed by atoms with Crippen molar-refractivity contribution in [3.05, 3.63) is 20.3 Å². The molecule has 1 aliphatic rings. The fourth-order valence-corrected chi connectivity index (χ4v) is 4.05. The molecular weight excluding hydrogens is 326 g/mol. The number of carbonyl (C=O) groups is 1. The van der Waals surface area contributed by atoms with Crippen LogP contribution in [0.15, 0.2) is 10.5 Å². The summed E-state index contributed by atoms with van der Waals surface area (Å²) in [5, 5.41) is 0. The van der Waals surface area contributed by atoms with Gasteiger partial charge in [-0.25, -0.2) is 13.1 Å². The van der Waals surface area contributed by atoms with E-state index in [2.05, 4.69) is 20.7 Å². The van der Waals surface area contributed by atoms with Crippen LogP contribution in [0.1, 0.15) is 34.3 Å². The Bertz CT molecular complexity index is 553. The maximum absolute atomic E-state index is 11.9. The highest BCUT2D eigenvalue weighted by molar-refractivity contribution is 9.10. The van der Waals surface area contributed by atoms with Crippen molar-refractivity contribution in [1.29, 1.82) is 0 Å². The molecule has 0 bridgehead atoms. The Labute approximate surface area is 113 Å². The summed E-state index contributed by atoms with van der Waals surface area (Å²) in [5.74, 6) is -0.545. The number of aryl methyl sites for hydroxylation is 1. The summed E-state index contributed by atoms with van der Waals surface area (Å²) in [6.07, 6.45) is 1.23. The average molecular weight is 338 g/mol. The molecule has 94 valence electrons. The second-order valence-corrected chi connectivity index (χ2v) is 8.71. The molecular formula is C10H12BrNO3S2. The molecule has 0 radical (unpaired) electrons. The van der Waals surface area contributed by atoms with Gasteiger partial charge in [0.05, 0.1) is 9.62 Å². The van der Waals surface area contributed by atoms with Crippen molar-refractivity contribution in [3.63, 3.8) is 0 Å². The topological polar surface area (TPSA) is 63.2 Å². The van der Waals surface area contributed by atoms with Gasteiger partial charge in [-0.2, -0.15) is 0 Å². The third-order valence-corrected chi connectivity index (χ3v) is 7.21. The van der Waals surface area contributed by atoms with Crippen LogP contribution in [-0.2, 0) is 10.0 Å². The summed E-state index contributed by atoms with van der Waals surface area (Å²) in [7, 11) is -3.55. The first-order valence-electron chi connectivity index (χ1n) is 5.08. The van der Waals surface area contributed by atoms with Gasteiger partial charge in [0.25, 0.3) is 5.91 Å². The predicted octanol–water partition coefficient (Wildman–Crippen LogP) is 2.43. The molecule has 0 aromatic carbocycles. The molecule has 1 N–H and O–H groups in total.